The van der Waals surface area contributed by atoms with E-state index in [9.17, 15) is 4.79 Å². The van der Waals surface area contributed by atoms with E-state index < -0.39 is 5.97 Å². The Bertz CT molecular complexity index is 168. The van der Waals surface area contributed by atoms with E-state index in [-0.39, 0.29) is 6.42 Å². The molecule has 0 amide bonds. The van der Waals surface area contributed by atoms with Crippen molar-refractivity contribution in [2.24, 2.45) is 0 Å². The van der Waals surface area contributed by atoms with Crippen LogP contribution in [-0.4, -0.2) is 29.1 Å². The molecule has 0 aromatic carbocycles. The summed E-state index contributed by atoms with van der Waals surface area (Å²) < 4.78 is 0. The minimum atomic E-state index is -0.745. The number of likely N-dealkylation sites (tertiary alicyclic amines) is 1. The lowest BCUT2D eigenvalue weighted by atomic mass is 10.4. The van der Waals surface area contributed by atoms with Crippen LogP contribution in [0, 0.1) is 11.5 Å². The van der Waals surface area contributed by atoms with Gasteiger partial charge in [-0.05, 0) is 12.8 Å². The highest BCUT2D eigenvalue weighted by molar-refractivity contribution is 5.66. The van der Waals surface area contributed by atoms with Crippen LogP contribution in [0.5, 0.6) is 0 Å². The van der Waals surface area contributed by atoms with Crippen LogP contribution in [0.3, 0.4) is 0 Å². The third-order valence-electron chi connectivity index (χ3n) is 1.55. The van der Waals surface area contributed by atoms with E-state index in [1.165, 1.54) is 12.8 Å². The molecule has 68 valence electrons. The summed E-state index contributed by atoms with van der Waals surface area (Å²) in [6.07, 6.45) is 4.72. The monoisotopic (exact) mass is 170 g/mol. The fraction of sp³-hybridized carbons (Fsp3) is 0.750. The Morgan fingerprint density at radius 3 is 2.17 bits per heavy atom. The van der Waals surface area contributed by atoms with Crippen molar-refractivity contribution < 1.29 is 9.90 Å². The maximum atomic E-state index is 9.37. The number of carboxylic acids is 1. The Morgan fingerprint density at radius 2 is 2.00 bits per heavy atom. The van der Waals surface area contributed by atoms with Gasteiger partial charge in [0.15, 0.2) is 6.19 Å². The molecule has 0 aliphatic carbocycles. The highest BCUT2D eigenvalue weighted by atomic mass is 16.4. The van der Waals surface area contributed by atoms with Crippen molar-refractivity contribution in [2.75, 3.05) is 13.1 Å². The number of nitriles is 1. The Labute approximate surface area is 72.4 Å². The summed E-state index contributed by atoms with van der Waals surface area (Å²) in [6, 6.07) is 0. The summed E-state index contributed by atoms with van der Waals surface area (Å²) in [4.78, 5) is 11.2. The van der Waals surface area contributed by atoms with Gasteiger partial charge in [0.25, 0.3) is 0 Å². The number of carbonyl (C=O) groups is 1. The van der Waals surface area contributed by atoms with E-state index in [0.29, 0.717) is 0 Å². The highest BCUT2D eigenvalue weighted by Gasteiger charge is 2.06. The van der Waals surface area contributed by atoms with E-state index in [4.69, 9.17) is 10.4 Å². The zero-order chi connectivity index (χ0) is 9.40. The molecule has 0 bridgehead atoms. The van der Waals surface area contributed by atoms with Gasteiger partial charge in [-0.2, -0.15) is 5.26 Å². The topological polar surface area (TPSA) is 64.3 Å². The van der Waals surface area contributed by atoms with Crippen LogP contribution in [-0.2, 0) is 4.79 Å². The number of hydrogen-bond acceptors (Lipinski definition) is 3. The van der Waals surface area contributed by atoms with E-state index in [2.05, 4.69) is 6.19 Å². The van der Waals surface area contributed by atoms with Crippen LogP contribution in [0.2, 0.25) is 0 Å². The molecule has 4 heteroatoms. The number of nitrogens with zero attached hydrogens (tertiary/aromatic N) is 2. The maximum Gasteiger partial charge on any atom is 0.303 e. The first-order valence-corrected chi connectivity index (χ1v) is 4.07. The van der Waals surface area contributed by atoms with Gasteiger partial charge in [-0.3, -0.25) is 4.79 Å². The molecule has 4 nitrogen and oxygen atoms in total. The predicted octanol–water partition coefficient (Wildman–Crippen LogP) is 1.04. The summed E-state index contributed by atoms with van der Waals surface area (Å²) in [5.74, 6) is -0.745. The lowest BCUT2D eigenvalue weighted by molar-refractivity contribution is -0.136. The highest BCUT2D eigenvalue weighted by Crippen LogP contribution is 2.03. The van der Waals surface area contributed by atoms with Gasteiger partial charge >= 0.3 is 5.97 Å². The molecule has 1 saturated heterocycles. The molecule has 0 aromatic rings. The summed E-state index contributed by atoms with van der Waals surface area (Å²) >= 11 is 0. The van der Waals surface area contributed by atoms with E-state index >= 15 is 0 Å². The standard InChI is InChI=1S/C5H8N2.C3H6O2/c6-5-7-3-1-2-4-7;1-2-3(4)5/h1-4H2;2H2,1H3,(H,4,5). The third-order valence-corrected chi connectivity index (χ3v) is 1.55. The number of carboxylic acid groups (broad SMARTS) is 1. The van der Waals surface area contributed by atoms with Gasteiger partial charge < -0.3 is 10.0 Å². The second kappa shape index (κ2) is 6.47. The Kier molecular flexibility index (Phi) is 5.80. The molecule has 0 aromatic heterocycles. The Hall–Kier alpha value is -1.24. The summed E-state index contributed by atoms with van der Waals surface area (Å²) in [5.41, 5.74) is 0. The first kappa shape index (κ1) is 10.8. The molecule has 12 heavy (non-hydrogen) atoms. The molecular formula is C8H14N2O2. The van der Waals surface area contributed by atoms with Crippen molar-refractivity contribution in [3.05, 3.63) is 0 Å². The molecule has 1 rings (SSSR count). The fourth-order valence-electron chi connectivity index (χ4n) is 0.817. The van der Waals surface area contributed by atoms with Gasteiger partial charge in [-0.1, -0.05) is 6.92 Å². The van der Waals surface area contributed by atoms with Crippen molar-refractivity contribution >= 4 is 5.97 Å². The normalized spacial score (nSPS) is 14.5. The molecular weight excluding hydrogens is 156 g/mol. The van der Waals surface area contributed by atoms with Crippen molar-refractivity contribution in [1.82, 2.24) is 4.90 Å². The predicted molar refractivity (Wildman–Crippen MR) is 44.3 cm³/mol. The van der Waals surface area contributed by atoms with Crippen LogP contribution >= 0.6 is 0 Å². The van der Waals surface area contributed by atoms with Crippen molar-refractivity contribution in [2.45, 2.75) is 26.2 Å². The number of aliphatic carboxylic acids is 1. The zero-order valence-electron chi connectivity index (χ0n) is 7.29. The molecule has 1 fully saturated rings. The molecule has 0 atom stereocenters. The molecule has 1 N–H and O–H groups in total. The summed E-state index contributed by atoms with van der Waals surface area (Å²) in [6.45, 7) is 3.56. The van der Waals surface area contributed by atoms with Crippen molar-refractivity contribution in [1.29, 1.82) is 5.26 Å². The summed E-state index contributed by atoms with van der Waals surface area (Å²) in [5, 5.41) is 16.0. The molecule has 1 aliphatic rings. The SMILES string of the molecule is CCC(=O)O.N#CN1CCCC1. The van der Waals surface area contributed by atoms with Crippen LogP contribution in [0.1, 0.15) is 26.2 Å². The quantitative estimate of drug-likeness (QED) is 0.597. The molecule has 1 heterocycles. The van der Waals surface area contributed by atoms with E-state index in [1.807, 2.05) is 0 Å². The summed E-state index contributed by atoms with van der Waals surface area (Å²) in [7, 11) is 0. The van der Waals surface area contributed by atoms with Gasteiger partial charge in [0.05, 0.1) is 0 Å². The van der Waals surface area contributed by atoms with Crippen LogP contribution < -0.4 is 0 Å². The van der Waals surface area contributed by atoms with Gasteiger partial charge in [0.1, 0.15) is 0 Å². The zero-order valence-corrected chi connectivity index (χ0v) is 7.29. The first-order chi connectivity index (χ1) is 5.70. The fourth-order valence-corrected chi connectivity index (χ4v) is 0.817. The molecule has 0 saturated carbocycles. The minimum absolute atomic E-state index is 0.222. The number of rotatable bonds is 1. The minimum Gasteiger partial charge on any atom is -0.481 e. The lowest BCUT2D eigenvalue weighted by Gasteiger charge is -2.00. The maximum absolute atomic E-state index is 9.37. The Balaban J connectivity index is 0.000000217. The van der Waals surface area contributed by atoms with Crippen molar-refractivity contribution in [3.8, 4) is 6.19 Å². The second-order valence-corrected chi connectivity index (χ2v) is 2.54. The smallest absolute Gasteiger partial charge is 0.303 e. The lowest BCUT2D eigenvalue weighted by Crippen LogP contribution is -2.10. The molecule has 0 spiro atoms. The van der Waals surface area contributed by atoms with Gasteiger partial charge in [0.2, 0.25) is 0 Å². The van der Waals surface area contributed by atoms with Crippen molar-refractivity contribution in [3.63, 3.8) is 0 Å². The molecule has 1 aliphatic heterocycles. The average Bonchev–Trinajstić information content (AvgIpc) is 2.57. The van der Waals surface area contributed by atoms with Gasteiger partial charge in [-0.15, -0.1) is 0 Å². The Morgan fingerprint density at radius 1 is 1.58 bits per heavy atom. The molecule has 0 unspecified atom stereocenters. The van der Waals surface area contributed by atoms with Crippen LogP contribution in [0.25, 0.3) is 0 Å². The van der Waals surface area contributed by atoms with Gasteiger partial charge in [-0.25, -0.2) is 0 Å². The van der Waals surface area contributed by atoms with E-state index in [1.54, 1.807) is 11.8 Å². The van der Waals surface area contributed by atoms with Crippen LogP contribution in [0.4, 0.5) is 0 Å². The average molecular weight is 170 g/mol. The van der Waals surface area contributed by atoms with Gasteiger partial charge in [0, 0.05) is 19.5 Å². The third kappa shape index (κ3) is 5.54. The van der Waals surface area contributed by atoms with Crippen LogP contribution in [0.15, 0.2) is 0 Å². The molecule has 0 radical (unpaired) electrons. The first-order valence-electron chi connectivity index (χ1n) is 4.07. The number of hydrogen-bond donors (Lipinski definition) is 1. The van der Waals surface area contributed by atoms with E-state index in [0.717, 1.165) is 13.1 Å². The largest absolute Gasteiger partial charge is 0.481 e. The second-order valence-electron chi connectivity index (χ2n) is 2.54.